The van der Waals surface area contributed by atoms with Gasteiger partial charge in [-0.05, 0) is 36.6 Å². The molecule has 5 nitrogen and oxygen atoms in total. The molecular weight excluding hydrogens is 324 g/mol. The molecule has 6 heteroatoms. The van der Waals surface area contributed by atoms with E-state index in [0.29, 0.717) is 23.0 Å². The molecule has 0 spiro atoms. The SMILES string of the molecule is NC1=NCc2ncc(C(=O)N3CCC[C@H]3c3ccc(Cl)cc3)cc21. The number of hydrogen-bond acceptors (Lipinski definition) is 4. The predicted octanol–water partition coefficient (Wildman–Crippen LogP) is 2.93. The van der Waals surface area contributed by atoms with Gasteiger partial charge < -0.3 is 10.6 Å². The van der Waals surface area contributed by atoms with Gasteiger partial charge in [-0.25, -0.2) is 0 Å². The number of fused-ring (bicyclic) bond motifs is 1. The fourth-order valence-electron chi connectivity index (χ4n) is 3.41. The zero-order valence-electron chi connectivity index (χ0n) is 13.1. The Balaban J connectivity index is 1.63. The van der Waals surface area contributed by atoms with Crippen molar-refractivity contribution in [2.45, 2.75) is 25.4 Å². The third-order valence-corrected chi connectivity index (χ3v) is 4.91. The molecule has 1 fully saturated rings. The number of likely N-dealkylation sites (tertiary alicyclic amines) is 1. The second-order valence-electron chi connectivity index (χ2n) is 6.13. The quantitative estimate of drug-likeness (QED) is 0.913. The summed E-state index contributed by atoms with van der Waals surface area (Å²) < 4.78 is 0. The number of pyridine rings is 1. The summed E-state index contributed by atoms with van der Waals surface area (Å²) in [6.45, 7) is 1.24. The van der Waals surface area contributed by atoms with Crippen molar-refractivity contribution in [1.29, 1.82) is 0 Å². The molecule has 3 heterocycles. The maximum absolute atomic E-state index is 13.0. The number of carbonyl (C=O) groups is 1. The molecule has 122 valence electrons. The number of aliphatic imine (C=N–C) groups is 1. The van der Waals surface area contributed by atoms with Gasteiger partial charge in [0.25, 0.3) is 5.91 Å². The highest BCUT2D eigenvalue weighted by Gasteiger charge is 2.31. The summed E-state index contributed by atoms with van der Waals surface area (Å²) in [5, 5.41) is 0.701. The van der Waals surface area contributed by atoms with Crippen molar-refractivity contribution in [3.8, 4) is 0 Å². The number of aromatic nitrogens is 1. The number of benzene rings is 1. The molecule has 1 saturated heterocycles. The average Bonchev–Trinajstić information content (AvgIpc) is 3.22. The number of carbonyl (C=O) groups excluding carboxylic acids is 1. The van der Waals surface area contributed by atoms with Crippen LogP contribution in [-0.4, -0.2) is 28.2 Å². The lowest BCUT2D eigenvalue weighted by molar-refractivity contribution is 0.0735. The van der Waals surface area contributed by atoms with Crippen LogP contribution < -0.4 is 5.73 Å². The Hall–Kier alpha value is -2.40. The number of nitrogens with two attached hydrogens (primary N) is 1. The van der Waals surface area contributed by atoms with Gasteiger partial charge in [0, 0.05) is 23.3 Å². The summed E-state index contributed by atoms with van der Waals surface area (Å²) in [5.74, 6) is 0.449. The molecule has 0 saturated carbocycles. The van der Waals surface area contributed by atoms with E-state index in [1.165, 1.54) is 0 Å². The molecule has 1 aromatic heterocycles. The first kappa shape index (κ1) is 15.1. The van der Waals surface area contributed by atoms with Crippen LogP contribution in [0.25, 0.3) is 0 Å². The van der Waals surface area contributed by atoms with E-state index in [-0.39, 0.29) is 11.9 Å². The first-order chi connectivity index (χ1) is 11.6. The van der Waals surface area contributed by atoms with E-state index in [4.69, 9.17) is 17.3 Å². The highest BCUT2D eigenvalue weighted by molar-refractivity contribution is 6.30. The van der Waals surface area contributed by atoms with Gasteiger partial charge in [0.05, 0.1) is 23.8 Å². The van der Waals surface area contributed by atoms with Crippen LogP contribution in [-0.2, 0) is 6.54 Å². The lowest BCUT2D eigenvalue weighted by Gasteiger charge is -2.25. The number of nitrogens with zero attached hydrogens (tertiary/aromatic N) is 3. The number of hydrogen-bond donors (Lipinski definition) is 1. The van der Waals surface area contributed by atoms with Crippen LogP contribution in [0.3, 0.4) is 0 Å². The minimum absolute atomic E-state index is 0.0116. The van der Waals surface area contributed by atoms with Gasteiger partial charge in [0.1, 0.15) is 5.84 Å². The van der Waals surface area contributed by atoms with Crippen molar-refractivity contribution in [1.82, 2.24) is 9.88 Å². The molecule has 2 aliphatic rings. The molecule has 4 rings (SSSR count). The molecule has 1 amide bonds. The summed E-state index contributed by atoms with van der Waals surface area (Å²) in [7, 11) is 0. The summed E-state index contributed by atoms with van der Waals surface area (Å²) in [6, 6.07) is 9.61. The van der Waals surface area contributed by atoms with E-state index in [2.05, 4.69) is 9.98 Å². The second-order valence-corrected chi connectivity index (χ2v) is 6.56. The molecule has 2 aliphatic heterocycles. The number of rotatable bonds is 2. The molecule has 1 atom stereocenters. The summed E-state index contributed by atoms with van der Waals surface area (Å²) >= 11 is 5.97. The molecule has 0 unspecified atom stereocenters. The maximum atomic E-state index is 13.0. The van der Waals surface area contributed by atoms with Crippen LogP contribution in [0.5, 0.6) is 0 Å². The van der Waals surface area contributed by atoms with Crippen molar-refractivity contribution < 1.29 is 4.79 Å². The van der Waals surface area contributed by atoms with Gasteiger partial charge in [-0.3, -0.25) is 14.8 Å². The minimum atomic E-state index is -0.0116. The van der Waals surface area contributed by atoms with E-state index < -0.39 is 0 Å². The monoisotopic (exact) mass is 340 g/mol. The largest absolute Gasteiger partial charge is 0.383 e. The molecule has 1 aromatic carbocycles. The van der Waals surface area contributed by atoms with Crippen LogP contribution in [0, 0.1) is 0 Å². The van der Waals surface area contributed by atoms with E-state index >= 15 is 0 Å². The molecule has 0 bridgehead atoms. The zero-order valence-corrected chi connectivity index (χ0v) is 13.8. The van der Waals surface area contributed by atoms with E-state index in [1.807, 2.05) is 35.2 Å². The number of amides is 1. The van der Waals surface area contributed by atoms with Crippen LogP contribution in [0.4, 0.5) is 0 Å². The number of halogens is 1. The highest BCUT2D eigenvalue weighted by atomic mass is 35.5. The Morgan fingerprint density at radius 1 is 1.29 bits per heavy atom. The minimum Gasteiger partial charge on any atom is -0.383 e. The maximum Gasteiger partial charge on any atom is 0.255 e. The third-order valence-electron chi connectivity index (χ3n) is 4.66. The van der Waals surface area contributed by atoms with Crippen molar-refractivity contribution >= 4 is 23.3 Å². The Labute approximate surface area is 145 Å². The van der Waals surface area contributed by atoms with Crippen LogP contribution >= 0.6 is 11.6 Å². The van der Waals surface area contributed by atoms with Gasteiger partial charge in [-0.2, -0.15) is 0 Å². The Kier molecular flexibility index (Phi) is 3.73. The van der Waals surface area contributed by atoms with Crippen molar-refractivity contribution in [3.63, 3.8) is 0 Å². The van der Waals surface area contributed by atoms with E-state index in [1.54, 1.807) is 6.20 Å². The first-order valence-corrected chi connectivity index (χ1v) is 8.37. The Morgan fingerprint density at radius 2 is 2.08 bits per heavy atom. The van der Waals surface area contributed by atoms with Gasteiger partial charge >= 0.3 is 0 Å². The number of amidine groups is 1. The van der Waals surface area contributed by atoms with Gasteiger partial charge in [-0.15, -0.1) is 0 Å². The smallest absolute Gasteiger partial charge is 0.255 e. The van der Waals surface area contributed by atoms with Crippen molar-refractivity contribution in [2.24, 2.45) is 10.7 Å². The fraction of sp³-hybridized carbons (Fsp3) is 0.278. The van der Waals surface area contributed by atoms with Gasteiger partial charge in [-0.1, -0.05) is 23.7 Å². The lowest BCUT2D eigenvalue weighted by Crippen LogP contribution is -2.31. The molecule has 24 heavy (non-hydrogen) atoms. The Morgan fingerprint density at radius 3 is 2.88 bits per heavy atom. The van der Waals surface area contributed by atoms with Crippen molar-refractivity contribution in [2.75, 3.05) is 6.54 Å². The predicted molar refractivity (Wildman–Crippen MR) is 93.1 cm³/mol. The van der Waals surface area contributed by atoms with Crippen LogP contribution in [0.2, 0.25) is 5.02 Å². The Bertz CT molecular complexity index is 831. The topological polar surface area (TPSA) is 71.6 Å². The molecule has 2 aromatic rings. The zero-order chi connectivity index (χ0) is 16.7. The highest BCUT2D eigenvalue weighted by Crippen LogP contribution is 2.33. The molecule has 0 radical (unpaired) electrons. The lowest BCUT2D eigenvalue weighted by atomic mass is 10.0. The van der Waals surface area contributed by atoms with Gasteiger partial charge in [0.15, 0.2) is 0 Å². The molecular formula is C18H17ClN4O. The normalized spacial score (nSPS) is 19.3. The molecule has 0 aliphatic carbocycles. The molecule has 2 N–H and O–H groups in total. The summed E-state index contributed by atoms with van der Waals surface area (Å²) in [6.07, 6.45) is 3.57. The van der Waals surface area contributed by atoms with Gasteiger partial charge in [0.2, 0.25) is 0 Å². The van der Waals surface area contributed by atoms with Crippen molar-refractivity contribution in [3.05, 3.63) is 63.9 Å². The van der Waals surface area contributed by atoms with Crippen LogP contribution in [0.1, 0.15) is 46.1 Å². The summed E-state index contributed by atoms with van der Waals surface area (Å²) in [5.41, 5.74) is 9.16. The summed E-state index contributed by atoms with van der Waals surface area (Å²) in [4.78, 5) is 23.4. The standard InChI is InChI=1S/C18H17ClN4O/c19-13-5-3-11(4-6-13)16-2-1-7-23(16)18(24)12-8-14-15(21-9-12)10-22-17(14)20/h3-6,8-9,16H,1-2,7,10H2,(H2,20,22)/t16-/m0/s1. The van der Waals surface area contributed by atoms with Crippen LogP contribution in [0.15, 0.2) is 41.5 Å². The first-order valence-electron chi connectivity index (χ1n) is 7.99. The second kappa shape index (κ2) is 5.91. The van der Waals surface area contributed by atoms with E-state index in [0.717, 1.165) is 36.2 Å². The van der Waals surface area contributed by atoms with E-state index in [9.17, 15) is 4.79 Å². The fourth-order valence-corrected chi connectivity index (χ4v) is 3.54. The third kappa shape index (κ3) is 2.55. The average molecular weight is 341 g/mol.